The molecule has 6 heteroatoms. The first-order chi connectivity index (χ1) is 7.60. The molecule has 0 amide bonds. The van der Waals surface area contributed by atoms with Crippen LogP contribution in [0.2, 0.25) is 0 Å². The summed E-state index contributed by atoms with van der Waals surface area (Å²) in [7, 11) is 1.63. The van der Waals surface area contributed by atoms with E-state index in [4.69, 9.17) is 21.7 Å². The molecule has 0 aliphatic heterocycles. The Labute approximate surface area is 109 Å². The zero-order valence-corrected chi connectivity index (χ0v) is 11.9. The van der Waals surface area contributed by atoms with Crippen LogP contribution in [-0.4, -0.2) is 23.7 Å². The Morgan fingerprint density at radius 2 is 2.25 bits per heavy atom. The van der Waals surface area contributed by atoms with Crippen molar-refractivity contribution in [1.29, 1.82) is 0 Å². The van der Waals surface area contributed by atoms with E-state index in [-0.39, 0.29) is 6.10 Å². The molecule has 90 valence electrons. The molecule has 0 spiro atoms. The normalized spacial score (nSPS) is 12.8. The Hall–Kier alpha value is -0.300. The van der Waals surface area contributed by atoms with Crippen LogP contribution in [0.4, 0.5) is 0 Å². The summed E-state index contributed by atoms with van der Waals surface area (Å²) in [4.78, 5) is 7.43. The molecule has 0 bridgehead atoms. The molecule has 1 aromatic rings. The Balaban J connectivity index is 3.08. The van der Waals surface area contributed by atoms with Crippen molar-refractivity contribution >= 4 is 28.1 Å². The molecule has 1 rings (SSSR count). The summed E-state index contributed by atoms with van der Waals surface area (Å²) in [6.07, 6.45) is -0.101. The summed E-state index contributed by atoms with van der Waals surface area (Å²) >= 11 is 8.54. The molecule has 1 heterocycles. The smallest absolute Gasteiger partial charge is 0.144 e. The maximum atomic E-state index is 5.46. The second-order valence-electron chi connectivity index (χ2n) is 3.25. The summed E-state index contributed by atoms with van der Waals surface area (Å²) in [5, 5.41) is 0. The van der Waals surface area contributed by atoms with Gasteiger partial charge in [0.25, 0.3) is 0 Å². The van der Waals surface area contributed by atoms with Crippen LogP contribution in [0.5, 0.6) is 0 Å². The van der Waals surface area contributed by atoms with Crippen LogP contribution >= 0.6 is 28.1 Å². The van der Waals surface area contributed by atoms with Gasteiger partial charge in [0.1, 0.15) is 16.6 Å². The van der Waals surface area contributed by atoms with Crippen molar-refractivity contribution in [1.82, 2.24) is 9.97 Å². The van der Waals surface area contributed by atoms with E-state index >= 15 is 0 Å². The van der Waals surface area contributed by atoms with Crippen molar-refractivity contribution < 1.29 is 9.47 Å². The van der Waals surface area contributed by atoms with Crippen molar-refractivity contribution in [3.05, 3.63) is 20.6 Å². The van der Waals surface area contributed by atoms with Crippen LogP contribution in [0.15, 0.2) is 4.47 Å². The topological polar surface area (TPSA) is 47.1 Å². The van der Waals surface area contributed by atoms with Crippen molar-refractivity contribution in [2.24, 2.45) is 0 Å². The molecule has 1 unspecified atom stereocenters. The highest BCUT2D eigenvalue weighted by molar-refractivity contribution is 9.10. The molecule has 1 aromatic heterocycles. The van der Waals surface area contributed by atoms with Crippen LogP contribution in [0, 0.1) is 4.64 Å². The molecule has 4 nitrogen and oxygen atoms in total. The van der Waals surface area contributed by atoms with Crippen molar-refractivity contribution in [2.45, 2.75) is 26.6 Å². The van der Waals surface area contributed by atoms with E-state index in [9.17, 15) is 0 Å². The van der Waals surface area contributed by atoms with E-state index in [1.807, 2.05) is 13.8 Å². The molecular formula is C10H15BrN2O2S. The third kappa shape index (κ3) is 3.35. The van der Waals surface area contributed by atoms with Gasteiger partial charge in [-0.3, -0.25) is 0 Å². The number of nitrogens with one attached hydrogen (secondary N) is 1. The number of aromatic nitrogens is 2. The first-order valence-corrected chi connectivity index (χ1v) is 6.19. The molecule has 0 aliphatic carbocycles. The summed E-state index contributed by atoms with van der Waals surface area (Å²) < 4.78 is 11.8. The molecule has 0 saturated carbocycles. The number of rotatable bonds is 5. The van der Waals surface area contributed by atoms with Gasteiger partial charge >= 0.3 is 0 Å². The van der Waals surface area contributed by atoms with E-state index in [0.717, 1.165) is 16.0 Å². The van der Waals surface area contributed by atoms with Gasteiger partial charge in [-0.1, -0.05) is 12.2 Å². The highest BCUT2D eigenvalue weighted by Crippen LogP contribution is 2.20. The van der Waals surface area contributed by atoms with Gasteiger partial charge in [0, 0.05) is 13.7 Å². The lowest BCUT2D eigenvalue weighted by Gasteiger charge is -2.13. The number of ether oxygens (including phenoxy) is 2. The zero-order valence-electron chi connectivity index (χ0n) is 9.54. The van der Waals surface area contributed by atoms with Crippen molar-refractivity contribution in [2.75, 3.05) is 13.7 Å². The minimum absolute atomic E-state index is 0.101. The molecule has 16 heavy (non-hydrogen) atoms. The predicted octanol–water partition coefficient (Wildman–Crippen LogP) is 3.15. The first-order valence-electron chi connectivity index (χ1n) is 4.99. The molecular weight excluding hydrogens is 292 g/mol. The Kier molecular flexibility index (Phi) is 5.54. The molecule has 0 aliphatic rings. The monoisotopic (exact) mass is 306 g/mol. The molecule has 1 atom stereocenters. The van der Waals surface area contributed by atoms with Crippen LogP contribution < -0.4 is 0 Å². The fraction of sp³-hybridized carbons (Fsp3) is 0.600. The summed E-state index contributed by atoms with van der Waals surface area (Å²) in [5.74, 6) is 0.724. The van der Waals surface area contributed by atoms with Crippen molar-refractivity contribution in [3.63, 3.8) is 0 Å². The van der Waals surface area contributed by atoms with Crippen LogP contribution in [0.1, 0.15) is 31.5 Å². The Bertz CT molecular complexity index is 408. The number of nitrogens with zero attached hydrogens (tertiary/aromatic N) is 1. The van der Waals surface area contributed by atoms with E-state index < -0.39 is 0 Å². The minimum atomic E-state index is -0.101. The van der Waals surface area contributed by atoms with Gasteiger partial charge in [0.15, 0.2) is 0 Å². The van der Waals surface area contributed by atoms with Gasteiger partial charge in [-0.05, 0) is 29.8 Å². The number of hydrogen-bond donors (Lipinski definition) is 1. The summed E-state index contributed by atoms with van der Waals surface area (Å²) in [6.45, 7) is 4.97. The van der Waals surface area contributed by atoms with Gasteiger partial charge in [0.2, 0.25) is 0 Å². The first kappa shape index (κ1) is 13.8. The second-order valence-corrected chi connectivity index (χ2v) is 4.43. The fourth-order valence-corrected chi connectivity index (χ4v) is 1.81. The quantitative estimate of drug-likeness (QED) is 0.849. The Morgan fingerprint density at radius 3 is 2.81 bits per heavy atom. The van der Waals surface area contributed by atoms with Gasteiger partial charge < -0.3 is 14.5 Å². The Morgan fingerprint density at radius 1 is 1.56 bits per heavy atom. The molecule has 0 radical (unpaired) electrons. The van der Waals surface area contributed by atoms with Crippen LogP contribution in [-0.2, 0) is 16.1 Å². The SMILES string of the molecule is CCOC(C)c1nc(=S)c(Br)c(COC)[nH]1. The largest absolute Gasteiger partial charge is 0.378 e. The zero-order chi connectivity index (χ0) is 12.1. The van der Waals surface area contributed by atoms with E-state index in [1.165, 1.54) is 0 Å². The van der Waals surface area contributed by atoms with Crippen LogP contribution in [0.3, 0.4) is 0 Å². The number of hydrogen-bond acceptors (Lipinski definition) is 4. The molecule has 0 saturated heterocycles. The number of methoxy groups -OCH3 is 1. The maximum Gasteiger partial charge on any atom is 0.144 e. The van der Waals surface area contributed by atoms with Gasteiger partial charge in [-0.25, -0.2) is 4.98 Å². The van der Waals surface area contributed by atoms with E-state index in [0.29, 0.717) is 17.9 Å². The standard InChI is InChI=1S/C10H15BrN2O2S/c1-4-15-6(2)9-12-7(5-14-3)8(11)10(16)13-9/h6H,4-5H2,1-3H3,(H,12,13,16). The average molecular weight is 307 g/mol. The van der Waals surface area contributed by atoms with Gasteiger partial charge in [0.05, 0.1) is 16.8 Å². The summed E-state index contributed by atoms with van der Waals surface area (Å²) in [6, 6.07) is 0. The van der Waals surface area contributed by atoms with Crippen LogP contribution in [0.25, 0.3) is 0 Å². The predicted molar refractivity (Wildman–Crippen MR) is 67.9 cm³/mol. The highest BCUT2D eigenvalue weighted by atomic mass is 79.9. The lowest BCUT2D eigenvalue weighted by Crippen LogP contribution is -2.08. The number of H-pyrrole nitrogens is 1. The van der Waals surface area contributed by atoms with Gasteiger partial charge in [-0.15, -0.1) is 0 Å². The van der Waals surface area contributed by atoms with E-state index in [2.05, 4.69) is 25.9 Å². The third-order valence-electron chi connectivity index (χ3n) is 2.04. The molecule has 0 fully saturated rings. The highest BCUT2D eigenvalue weighted by Gasteiger charge is 2.11. The lowest BCUT2D eigenvalue weighted by molar-refractivity contribution is 0.0693. The van der Waals surface area contributed by atoms with E-state index in [1.54, 1.807) is 7.11 Å². The third-order valence-corrected chi connectivity index (χ3v) is 3.46. The molecule has 0 aromatic carbocycles. The number of aromatic amines is 1. The molecule has 1 N–H and O–H groups in total. The second kappa shape index (κ2) is 6.44. The summed E-state index contributed by atoms with van der Waals surface area (Å²) in [5.41, 5.74) is 0.879. The van der Waals surface area contributed by atoms with Gasteiger partial charge in [-0.2, -0.15) is 0 Å². The van der Waals surface area contributed by atoms with Crippen molar-refractivity contribution in [3.8, 4) is 0 Å². The lowest BCUT2D eigenvalue weighted by atomic mass is 10.3. The fourth-order valence-electron chi connectivity index (χ4n) is 1.29. The minimum Gasteiger partial charge on any atom is -0.378 e. The number of halogens is 1. The maximum absolute atomic E-state index is 5.46. The average Bonchev–Trinajstić information content (AvgIpc) is 2.25.